The molecule has 0 aromatic heterocycles. The largest absolute Gasteiger partial charge is 0.478 e. The fraction of sp³-hybridized carbons (Fsp3) is 0.500. The van der Waals surface area contributed by atoms with Crippen LogP contribution in [0.5, 0.6) is 0 Å². The van der Waals surface area contributed by atoms with Crippen LogP contribution in [0.15, 0.2) is 24.3 Å². The lowest BCUT2D eigenvalue weighted by Gasteiger charge is -2.39. The molecule has 3 heteroatoms. The Labute approximate surface area is 102 Å². The first kappa shape index (κ1) is 12.1. The minimum Gasteiger partial charge on any atom is -0.478 e. The normalized spacial score (nSPS) is 23.5. The molecule has 0 radical (unpaired) electrons. The van der Waals surface area contributed by atoms with E-state index >= 15 is 0 Å². The van der Waals surface area contributed by atoms with E-state index in [1.165, 1.54) is 18.4 Å². The summed E-state index contributed by atoms with van der Waals surface area (Å²) in [6, 6.07) is 7.86. The van der Waals surface area contributed by atoms with E-state index in [1.54, 1.807) is 12.1 Å². The Bertz CT molecular complexity index is 393. The van der Waals surface area contributed by atoms with Crippen molar-refractivity contribution in [3.8, 4) is 0 Å². The Balaban J connectivity index is 1.92. The molecule has 0 bridgehead atoms. The smallest absolute Gasteiger partial charge is 0.335 e. The molecule has 0 saturated heterocycles. The number of carboxylic acids is 1. The second kappa shape index (κ2) is 4.88. The van der Waals surface area contributed by atoms with Gasteiger partial charge in [-0.25, -0.2) is 4.79 Å². The van der Waals surface area contributed by atoms with Crippen LogP contribution in [0.1, 0.15) is 35.7 Å². The van der Waals surface area contributed by atoms with Crippen molar-refractivity contribution in [2.75, 3.05) is 7.05 Å². The number of hydrogen-bond donors (Lipinski definition) is 1. The zero-order valence-electron chi connectivity index (χ0n) is 10.4. The average molecular weight is 233 g/mol. The van der Waals surface area contributed by atoms with E-state index in [9.17, 15) is 4.79 Å². The van der Waals surface area contributed by atoms with Gasteiger partial charge in [0.1, 0.15) is 0 Å². The van der Waals surface area contributed by atoms with Gasteiger partial charge in [0.15, 0.2) is 0 Å². The van der Waals surface area contributed by atoms with Gasteiger partial charge in [-0.1, -0.05) is 19.1 Å². The number of rotatable bonds is 4. The average Bonchev–Trinajstić information content (AvgIpc) is 2.25. The van der Waals surface area contributed by atoms with Crippen molar-refractivity contribution in [2.45, 2.75) is 32.4 Å². The van der Waals surface area contributed by atoms with Gasteiger partial charge < -0.3 is 5.11 Å². The lowest BCUT2D eigenvalue weighted by molar-refractivity contribution is 0.0696. The van der Waals surface area contributed by atoms with Crippen molar-refractivity contribution < 1.29 is 9.90 Å². The molecule has 0 spiro atoms. The molecule has 1 aliphatic carbocycles. The summed E-state index contributed by atoms with van der Waals surface area (Å²) in [5.41, 5.74) is 1.53. The van der Waals surface area contributed by atoms with Crippen molar-refractivity contribution in [1.82, 2.24) is 4.90 Å². The van der Waals surface area contributed by atoms with E-state index in [1.807, 2.05) is 12.1 Å². The second-order valence-electron chi connectivity index (χ2n) is 5.15. The van der Waals surface area contributed by atoms with Crippen molar-refractivity contribution in [2.24, 2.45) is 5.92 Å². The third-order valence-corrected chi connectivity index (χ3v) is 3.61. The van der Waals surface area contributed by atoms with E-state index in [0.717, 1.165) is 12.5 Å². The molecule has 0 aliphatic heterocycles. The van der Waals surface area contributed by atoms with Gasteiger partial charge in [-0.2, -0.15) is 0 Å². The highest BCUT2D eigenvalue weighted by Gasteiger charge is 2.28. The number of carbonyl (C=O) groups is 1. The second-order valence-corrected chi connectivity index (χ2v) is 5.15. The lowest BCUT2D eigenvalue weighted by Crippen LogP contribution is -2.41. The zero-order chi connectivity index (χ0) is 12.4. The van der Waals surface area contributed by atoms with Crippen LogP contribution in [0.3, 0.4) is 0 Å². The SMILES string of the molecule is CC1CC(N(C)Cc2ccc(C(=O)O)cc2)C1. The summed E-state index contributed by atoms with van der Waals surface area (Å²) in [5.74, 6) is -0.00504. The molecule has 1 N–H and O–H groups in total. The first-order chi connectivity index (χ1) is 8.06. The molecule has 1 fully saturated rings. The molecule has 1 aromatic rings. The van der Waals surface area contributed by atoms with Gasteiger partial charge in [0.25, 0.3) is 0 Å². The van der Waals surface area contributed by atoms with Crippen molar-refractivity contribution in [1.29, 1.82) is 0 Å². The van der Waals surface area contributed by atoms with Gasteiger partial charge in [0.05, 0.1) is 5.56 Å². The first-order valence-electron chi connectivity index (χ1n) is 6.08. The molecular weight excluding hydrogens is 214 g/mol. The van der Waals surface area contributed by atoms with E-state index in [2.05, 4.69) is 18.9 Å². The predicted molar refractivity (Wildman–Crippen MR) is 67.1 cm³/mol. The van der Waals surface area contributed by atoms with E-state index in [0.29, 0.717) is 11.6 Å². The molecule has 0 atom stereocenters. The summed E-state index contributed by atoms with van der Waals surface area (Å²) in [7, 11) is 2.14. The van der Waals surface area contributed by atoms with Crippen molar-refractivity contribution >= 4 is 5.97 Å². The number of aromatic carboxylic acids is 1. The highest BCUT2D eigenvalue weighted by molar-refractivity contribution is 5.87. The van der Waals surface area contributed by atoms with Crippen LogP contribution in [0.4, 0.5) is 0 Å². The van der Waals surface area contributed by atoms with E-state index in [-0.39, 0.29) is 0 Å². The molecule has 2 rings (SSSR count). The van der Waals surface area contributed by atoms with Crippen LogP contribution in [-0.4, -0.2) is 29.1 Å². The number of carboxylic acid groups (broad SMARTS) is 1. The number of nitrogens with zero attached hydrogens (tertiary/aromatic N) is 1. The lowest BCUT2D eigenvalue weighted by atomic mass is 9.81. The van der Waals surface area contributed by atoms with E-state index in [4.69, 9.17) is 5.11 Å². The van der Waals surface area contributed by atoms with Crippen LogP contribution in [0.2, 0.25) is 0 Å². The minimum absolute atomic E-state index is 0.355. The quantitative estimate of drug-likeness (QED) is 0.869. The number of benzene rings is 1. The Kier molecular flexibility index (Phi) is 3.48. The molecule has 17 heavy (non-hydrogen) atoms. The molecule has 0 heterocycles. The molecule has 92 valence electrons. The van der Waals surface area contributed by atoms with Gasteiger partial charge in [-0.15, -0.1) is 0 Å². The van der Waals surface area contributed by atoms with Gasteiger partial charge in [0, 0.05) is 12.6 Å². The summed E-state index contributed by atoms with van der Waals surface area (Å²) >= 11 is 0. The van der Waals surface area contributed by atoms with Crippen LogP contribution < -0.4 is 0 Å². The maximum atomic E-state index is 10.7. The fourth-order valence-corrected chi connectivity index (χ4v) is 2.39. The molecule has 1 saturated carbocycles. The number of hydrogen-bond acceptors (Lipinski definition) is 2. The minimum atomic E-state index is -0.863. The van der Waals surface area contributed by atoms with Gasteiger partial charge in [0.2, 0.25) is 0 Å². The topological polar surface area (TPSA) is 40.5 Å². The Morgan fingerprint density at radius 2 is 1.94 bits per heavy atom. The Hall–Kier alpha value is -1.35. The van der Waals surface area contributed by atoms with Crippen LogP contribution in [0.25, 0.3) is 0 Å². The van der Waals surface area contributed by atoms with Gasteiger partial charge >= 0.3 is 5.97 Å². The fourth-order valence-electron chi connectivity index (χ4n) is 2.39. The van der Waals surface area contributed by atoms with E-state index < -0.39 is 5.97 Å². The third kappa shape index (κ3) is 2.86. The maximum absolute atomic E-state index is 10.7. The van der Waals surface area contributed by atoms with Crippen molar-refractivity contribution in [3.63, 3.8) is 0 Å². The zero-order valence-corrected chi connectivity index (χ0v) is 10.4. The summed E-state index contributed by atoms with van der Waals surface area (Å²) in [6.07, 6.45) is 2.56. The van der Waals surface area contributed by atoms with Crippen LogP contribution >= 0.6 is 0 Å². The first-order valence-corrected chi connectivity index (χ1v) is 6.08. The molecule has 0 unspecified atom stereocenters. The summed E-state index contributed by atoms with van der Waals surface area (Å²) < 4.78 is 0. The Morgan fingerprint density at radius 3 is 2.41 bits per heavy atom. The molecule has 0 amide bonds. The molecule has 1 aliphatic rings. The summed E-state index contributed by atoms with van der Waals surface area (Å²) in [4.78, 5) is 13.1. The van der Waals surface area contributed by atoms with Crippen LogP contribution in [-0.2, 0) is 6.54 Å². The van der Waals surface area contributed by atoms with Gasteiger partial charge in [-0.05, 0) is 43.5 Å². The summed E-state index contributed by atoms with van der Waals surface area (Å²) in [6.45, 7) is 3.18. The van der Waals surface area contributed by atoms with Gasteiger partial charge in [-0.3, -0.25) is 4.90 Å². The standard InChI is InChI=1S/C14H19NO2/c1-10-7-13(8-10)15(2)9-11-3-5-12(6-4-11)14(16)17/h3-6,10,13H,7-9H2,1-2H3,(H,16,17). The monoisotopic (exact) mass is 233 g/mol. The maximum Gasteiger partial charge on any atom is 0.335 e. The summed E-state index contributed by atoms with van der Waals surface area (Å²) in [5, 5.41) is 8.81. The van der Waals surface area contributed by atoms with Crippen LogP contribution in [0, 0.1) is 5.92 Å². The molecular formula is C14H19NO2. The molecule has 3 nitrogen and oxygen atoms in total. The Morgan fingerprint density at radius 1 is 1.35 bits per heavy atom. The molecule has 1 aromatic carbocycles. The highest BCUT2D eigenvalue weighted by Crippen LogP contribution is 2.30. The third-order valence-electron chi connectivity index (χ3n) is 3.61. The highest BCUT2D eigenvalue weighted by atomic mass is 16.4. The van der Waals surface area contributed by atoms with Crippen molar-refractivity contribution in [3.05, 3.63) is 35.4 Å². The predicted octanol–water partition coefficient (Wildman–Crippen LogP) is 2.62.